The first kappa shape index (κ1) is 31.5. The number of allylic oxidation sites excluding steroid dienone is 1. The molecule has 46 heavy (non-hydrogen) atoms. The Morgan fingerprint density at radius 3 is 2.83 bits per heavy atom. The summed E-state index contributed by atoms with van der Waals surface area (Å²) in [5, 5.41) is 2.73. The van der Waals surface area contributed by atoms with Crippen LogP contribution in [0.2, 0.25) is 0 Å². The maximum absolute atomic E-state index is 16.0. The van der Waals surface area contributed by atoms with Crippen LogP contribution in [0.4, 0.5) is 8.78 Å². The molecule has 0 bridgehead atoms. The second-order valence-corrected chi connectivity index (χ2v) is 12.8. The number of pyridine rings is 2. The second-order valence-electron chi connectivity index (χ2n) is 11.9. The Kier molecular flexibility index (Phi) is 8.97. The standard InChI is InChI=1S/C35H36F2N6O2S/c1-5-30(44)43-10-6-25(19-43)39-17-23(15-38)34-32(31-27(37)13-24(36)14-29(31)45-20(2)3)35-26(8-11-46-35)33(41-34)21-12-22-18-42(4)9-7-28(22)40-16-21/h5,8,11-17,20,25H,1,6-7,9-10,18-19,38H2,2-4H3/t25-/m0/s1. The maximum atomic E-state index is 16.0. The van der Waals surface area contributed by atoms with Crippen LogP contribution in [0, 0.1) is 11.6 Å². The Morgan fingerprint density at radius 1 is 1.24 bits per heavy atom. The first-order valence-corrected chi connectivity index (χ1v) is 16.2. The molecule has 3 aromatic heterocycles. The van der Waals surface area contributed by atoms with Gasteiger partial charge in [-0.15, -0.1) is 11.3 Å². The molecular weight excluding hydrogens is 606 g/mol. The van der Waals surface area contributed by atoms with Crippen LogP contribution >= 0.6 is 11.3 Å². The molecule has 0 spiro atoms. The lowest BCUT2D eigenvalue weighted by molar-refractivity contribution is -0.125. The van der Waals surface area contributed by atoms with Gasteiger partial charge in [0.25, 0.3) is 0 Å². The number of hydrogen-bond acceptors (Lipinski definition) is 8. The van der Waals surface area contributed by atoms with Crippen molar-refractivity contribution in [1.29, 1.82) is 0 Å². The zero-order chi connectivity index (χ0) is 32.5. The number of thiophene rings is 1. The minimum atomic E-state index is -0.776. The third-order valence-corrected chi connectivity index (χ3v) is 9.20. The summed E-state index contributed by atoms with van der Waals surface area (Å²) < 4.78 is 37.3. The van der Waals surface area contributed by atoms with Crippen molar-refractivity contribution < 1.29 is 18.3 Å². The summed E-state index contributed by atoms with van der Waals surface area (Å²) in [5.74, 6) is -1.59. The number of likely N-dealkylation sites (tertiary alicyclic amines) is 1. The van der Waals surface area contributed by atoms with Gasteiger partial charge in [-0.1, -0.05) is 6.58 Å². The molecule has 6 rings (SSSR count). The summed E-state index contributed by atoms with van der Waals surface area (Å²) in [4.78, 5) is 30.8. The third kappa shape index (κ3) is 6.17. The average molecular weight is 643 g/mol. The number of aromatic nitrogens is 2. The number of fused-ring (bicyclic) bond motifs is 2. The Bertz CT molecular complexity index is 1880. The lowest BCUT2D eigenvalue weighted by Gasteiger charge is -2.24. The zero-order valence-electron chi connectivity index (χ0n) is 26.1. The number of carbonyl (C=O) groups excluding carboxylic acids is 1. The second kappa shape index (κ2) is 13.1. The van der Waals surface area contributed by atoms with Crippen molar-refractivity contribution in [1.82, 2.24) is 19.8 Å². The van der Waals surface area contributed by atoms with E-state index in [1.807, 2.05) is 17.6 Å². The van der Waals surface area contributed by atoms with Crippen molar-refractivity contribution in [2.45, 2.75) is 45.4 Å². The van der Waals surface area contributed by atoms with Crippen LogP contribution in [-0.4, -0.2) is 70.7 Å². The van der Waals surface area contributed by atoms with Crippen molar-refractivity contribution in [3.05, 3.63) is 83.3 Å². The normalized spacial score (nSPS) is 17.3. The number of benzene rings is 1. The Labute approximate surface area is 270 Å². The van der Waals surface area contributed by atoms with Crippen LogP contribution in [0.25, 0.3) is 38.0 Å². The van der Waals surface area contributed by atoms with E-state index in [0.29, 0.717) is 42.0 Å². The molecule has 2 aliphatic rings. The highest BCUT2D eigenvalue weighted by Crippen LogP contribution is 2.46. The predicted octanol–water partition coefficient (Wildman–Crippen LogP) is 6.24. The molecular formula is C35H36F2N6O2S. The molecule has 2 N–H and O–H groups in total. The number of rotatable bonds is 8. The molecule has 8 nitrogen and oxygen atoms in total. The monoisotopic (exact) mass is 642 g/mol. The molecule has 0 unspecified atom stereocenters. The highest BCUT2D eigenvalue weighted by molar-refractivity contribution is 7.18. The van der Waals surface area contributed by atoms with Gasteiger partial charge in [0.05, 0.1) is 29.1 Å². The fourth-order valence-corrected chi connectivity index (χ4v) is 7.03. The first-order valence-electron chi connectivity index (χ1n) is 15.3. The average Bonchev–Trinajstić information content (AvgIpc) is 3.71. The Hall–Kier alpha value is -4.48. The summed E-state index contributed by atoms with van der Waals surface area (Å²) in [6.45, 7) is 9.92. The van der Waals surface area contributed by atoms with Crippen LogP contribution in [0.3, 0.4) is 0 Å². The van der Waals surface area contributed by atoms with Gasteiger partial charge in [0.1, 0.15) is 17.4 Å². The van der Waals surface area contributed by atoms with E-state index in [1.165, 1.54) is 29.7 Å². The quantitative estimate of drug-likeness (QED) is 0.181. The summed E-state index contributed by atoms with van der Waals surface area (Å²) >= 11 is 1.43. The lowest BCUT2D eigenvalue weighted by atomic mass is 9.94. The summed E-state index contributed by atoms with van der Waals surface area (Å²) in [5.41, 5.74) is 11.3. The molecule has 5 heterocycles. The molecule has 1 amide bonds. The number of aliphatic imine (C=N–C) groups is 1. The molecule has 1 saturated heterocycles. The van der Waals surface area contributed by atoms with E-state index in [9.17, 15) is 9.18 Å². The molecule has 1 fully saturated rings. The zero-order valence-corrected chi connectivity index (χ0v) is 26.9. The minimum absolute atomic E-state index is 0.0687. The van der Waals surface area contributed by atoms with Crippen LogP contribution in [0.5, 0.6) is 5.75 Å². The summed E-state index contributed by atoms with van der Waals surface area (Å²) in [6, 6.07) is 5.97. The van der Waals surface area contributed by atoms with Crippen molar-refractivity contribution in [2.24, 2.45) is 10.7 Å². The number of nitrogens with two attached hydrogens (primary N) is 1. The smallest absolute Gasteiger partial charge is 0.246 e. The molecule has 11 heteroatoms. The summed E-state index contributed by atoms with van der Waals surface area (Å²) in [7, 11) is 2.08. The van der Waals surface area contributed by atoms with E-state index in [2.05, 4.69) is 24.6 Å². The van der Waals surface area contributed by atoms with Crippen LogP contribution in [0.1, 0.15) is 37.2 Å². The highest BCUT2D eigenvalue weighted by atomic mass is 32.1. The molecule has 1 atom stereocenters. The molecule has 238 valence electrons. The third-order valence-electron chi connectivity index (χ3n) is 8.27. The number of amides is 1. The van der Waals surface area contributed by atoms with Crippen molar-refractivity contribution in [2.75, 3.05) is 26.7 Å². The molecule has 1 aromatic carbocycles. The number of ether oxygens (including phenoxy) is 1. The molecule has 2 aliphatic heterocycles. The Morgan fingerprint density at radius 2 is 2.07 bits per heavy atom. The van der Waals surface area contributed by atoms with Gasteiger partial charge in [0.2, 0.25) is 5.91 Å². The molecule has 0 aliphatic carbocycles. The van der Waals surface area contributed by atoms with Gasteiger partial charge in [0, 0.05) is 95.8 Å². The minimum Gasteiger partial charge on any atom is -0.490 e. The van der Waals surface area contributed by atoms with Gasteiger partial charge in [-0.3, -0.25) is 14.8 Å². The van der Waals surface area contributed by atoms with Crippen molar-refractivity contribution in [3.8, 4) is 28.1 Å². The number of nitrogens with zero attached hydrogens (tertiary/aromatic N) is 5. The number of likely N-dealkylation sites (N-methyl/N-ethyl adjacent to an activating group) is 1. The fourth-order valence-electron chi connectivity index (χ4n) is 6.08. The first-order chi connectivity index (χ1) is 22.2. The van der Waals surface area contributed by atoms with E-state index < -0.39 is 11.6 Å². The largest absolute Gasteiger partial charge is 0.490 e. The Balaban J connectivity index is 1.56. The number of hydrogen-bond donors (Lipinski definition) is 1. The fraction of sp³-hybridized carbons (Fsp3) is 0.314. The molecule has 0 radical (unpaired) electrons. The number of halogens is 2. The van der Waals surface area contributed by atoms with Crippen molar-refractivity contribution >= 4 is 39.1 Å². The van der Waals surface area contributed by atoms with Gasteiger partial charge >= 0.3 is 0 Å². The van der Waals surface area contributed by atoms with Crippen molar-refractivity contribution in [3.63, 3.8) is 0 Å². The van der Waals surface area contributed by atoms with E-state index in [1.54, 1.807) is 25.0 Å². The summed E-state index contributed by atoms with van der Waals surface area (Å²) in [6.07, 6.45) is 7.36. The molecule has 4 aromatic rings. The van der Waals surface area contributed by atoms with Gasteiger partial charge in [-0.2, -0.15) is 0 Å². The van der Waals surface area contributed by atoms with Crippen LogP contribution in [0.15, 0.2) is 59.7 Å². The topological polar surface area (TPSA) is 96.9 Å². The van der Waals surface area contributed by atoms with Gasteiger partial charge in [-0.25, -0.2) is 13.8 Å². The maximum Gasteiger partial charge on any atom is 0.246 e. The van der Waals surface area contributed by atoms with Gasteiger partial charge < -0.3 is 20.3 Å². The van der Waals surface area contributed by atoms with Crippen LogP contribution < -0.4 is 10.5 Å². The van der Waals surface area contributed by atoms with Gasteiger partial charge in [0.15, 0.2) is 0 Å². The SMILES string of the molecule is C=CC(=O)N1CC[C@H](N=CC(=CN)c2nc(-c3cnc4c(c3)CN(C)CC4)c3ccsc3c2-c2c(F)cc(F)cc2OC(C)C)C1. The predicted molar refractivity (Wildman–Crippen MR) is 180 cm³/mol. The van der Waals surface area contributed by atoms with Gasteiger partial charge in [-0.05, 0) is 56.5 Å². The van der Waals surface area contributed by atoms with Crippen LogP contribution in [-0.2, 0) is 17.8 Å². The van der Waals surface area contributed by atoms with E-state index in [-0.39, 0.29) is 29.4 Å². The van der Waals surface area contributed by atoms with E-state index in [0.717, 1.165) is 52.5 Å². The number of carbonyl (C=O) groups is 1. The lowest BCUT2D eigenvalue weighted by Crippen LogP contribution is -2.27. The highest BCUT2D eigenvalue weighted by Gasteiger charge is 2.28. The van der Waals surface area contributed by atoms with E-state index in [4.69, 9.17) is 25.4 Å². The van der Waals surface area contributed by atoms with E-state index >= 15 is 4.39 Å². The molecule has 0 saturated carbocycles.